The summed E-state index contributed by atoms with van der Waals surface area (Å²) in [4.78, 5) is 75.1. The van der Waals surface area contributed by atoms with Gasteiger partial charge in [-0.15, -0.1) is 0 Å². The quantitative estimate of drug-likeness (QED) is 0.0210. The Morgan fingerprint density at radius 3 is 1.35 bits per heavy atom. The Morgan fingerprint density at radius 2 is 0.940 bits per heavy atom. The van der Waals surface area contributed by atoms with Gasteiger partial charge in [-0.1, -0.05) is 174 Å². The van der Waals surface area contributed by atoms with Crippen LogP contribution in [0.1, 0.15) is 196 Å². The van der Waals surface area contributed by atoms with E-state index in [9.17, 15) is 39.0 Å². The van der Waals surface area contributed by atoms with Crippen LogP contribution < -0.4 is 20.9 Å². The van der Waals surface area contributed by atoms with E-state index in [0.717, 1.165) is 121 Å². The minimum Gasteiger partial charge on any atom is -0.480 e. The van der Waals surface area contributed by atoms with Crippen molar-refractivity contribution in [1.29, 1.82) is 0 Å². The molecule has 0 radical (unpaired) electrons. The summed E-state index contributed by atoms with van der Waals surface area (Å²) < 4.78 is 28.6. The summed E-state index contributed by atoms with van der Waals surface area (Å²) in [5, 5.41) is 19.0. The van der Waals surface area contributed by atoms with Crippen molar-refractivity contribution in [2.24, 2.45) is 11.5 Å². The number of nitrogens with two attached hydrogens (primary N) is 2. The molecule has 4 amide bonds. The third kappa shape index (κ3) is 34.6. The first-order chi connectivity index (χ1) is 39.6. The fourth-order valence-electron chi connectivity index (χ4n) is 9.10. The van der Waals surface area contributed by atoms with Crippen LogP contribution in [-0.4, -0.2) is 123 Å². The first-order valence-electron chi connectivity index (χ1n) is 30.8. The molecule has 84 heavy (non-hydrogen) atoms. The highest BCUT2D eigenvalue weighted by molar-refractivity contribution is 6.76. The molecular weight excluding hydrogens is 1100 g/mol. The van der Waals surface area contributed by atoms with Gasteiger partial charge in [0.1, 0.15) is 29.7 Å². The zero-order valence-electron chi connectivity index (χ0n) is 51.9. The number of carboxylic acids is 1. The maximum atomic E-state index is 13.6. The number of ether oxygens (including phenoxy) is 5. The number of aliphatic hydroxyl groups is 1. The van der Waals surface area contributed by atoms with Crippen molar-refractivity contribution in [3.63, 3.8) is 0 Å². The maximum Gasteiger partial charge on any atom is 0.329 e. The van der Waals surface area contributed by atoms with Gasteiger partial charge in [0.2, 0.25) is 11.8 Å². The number of amides is 4. The molecule has 0 aliphatic carbocycles. The third-order valence-corrected chi connectivity index (χ3v) is 17.6. The van der Waals surface area contributed by atoms with E-state index in [1.165, 1.54) is 35.3 Å². The molecule has 0 bridgehead atoms. The number of carboxylic acid groups (broad SMARTS) is 1. The number of nitrogens with zero attached hydrogens (tertiary/aromatic N) is 2. The van der Waals surface area contributed by atoms with Crippen molar-refractivity contribution in [1.82, 2.24) is 9.80 Å². The molecule has 0 saturated carbocycles. The van der Waals surface area contributed by atoms with Crippen LogP contribution in [0.2, 0.25) is 51.4 Å². The van der Waals surface area contributed by atoms with E-state index in [0.29, 0.717) is 61.5 Å². The van der Waals surface area contributed by atoms with Gasteiger partial charge in [-0.05, 0) is 101 Å². The SMILES string of the molecule is C.CCCCCC[C@@H](O)CCCCCCC(N)=O.CCCCCC[C@H](CCCCCCC(N)=O)OC(=O)[C@@H]1CC=CN1C(=O)c1ccccc1OCOCC[Si](C)(C)C.C[Si](C)(C)CCOCOc1ccccc1C(=O)N1C=CC[C@H]1C(=O)O. The molecular formula is C65H110N4O13Si2. The number of hydrogen-bond acceptors (Lipinski definition) is 12. The van der Waals surface area contributed by atoms with Gasteiger partial charge in [0, 0.05) is 54.6 Å². The average Bonchev–Trinajstić information content (AvgIpc) is 3.69. The van der Waals surface area contributed by atoms with E-state index >= 15 is 0 Å². The predicted octanol–water partition coefficient (Wildman–Crippen LogP) is 13.8. The van der Waals surface area contributed by atoms with Crippen molar-refractivity contribution >= 4 is 51.7 Å². The lowest BCUT2D eigenvalue weighted by Crippen LogP contribution is -2.41. The topological polar surface area (TPSA) is 248 Å². The number of esters is 1. The van der Waals surface area contributed by atoms with Crippen molar-refractivity contribution in [2.75, 3.05) is 26.8 Å². The standard InChI is InChI=1S/C32H52N2O6Si.C18H25NO5Si.C14H29NO2.CH4/c1-5-6-7-10-16-26(17-11-8-9-12-21-30(33)35)40-32(37)28-19-15-22-34(28)31(36)27-18-13-14-20-29(27)39-25-38-23-24-41(2,3)4;1-25(2,3)12-11-23-13-24-16-9-5-4-7-14(16)17(20)19-10-6-8-15(19)18(21)22;1-2-3-4-7-10-13(16)11-8-5-6-9-12-14(15)17;/h13-15,18,20,22,26,28H,5-12,16-17,19,21,23-25H2,1-4H3,(H2,33,35);4-7,9-10,15H,8,11-13H2,1-3H3,(H,21,22);13,16H,2-12H2,1H3,(H2,15,17);1H4/t26-,28+;15-;13-;/m101./s1. The largest absolute Gasteiger partial charge is 0.480 e. The number of primary amides is 2. The summed E-state index contributed by atoms with van der Waals surface area (Å²) in [5.41, 5.74) is 11.0. The molecule has 2 heterocycles. The van der Waals surface area contributed by atoms with Crippen LogP contribution in [0.15, 0.2) is 73.1 Å². The molecule has 2 aliphatic rings. The lowest BCUT2D eigenvalue weighted by atomic mass is 10.0. The molecule has 0 fully saturated rings. The minimum atomic E-state index is -1.20. The number of para-hydroxylation sites is 2. The minimum absolute atomic E-state index is 0. The van der Waals surface area contributed by atoms with Crippen LogP contribution in [0.4, 0.5) is 0 Å². The van der Waals surface area contributed by atoms with Gasteiger partial charge in [0.25, 0.3) is 11.8 Å². The number of benzene rings is 2. The van der Waals surface area contributed by atoms with Gasteiger partial charge >= 0.3 is 11.9 Å². The molecule has 0 unspecified atom stereocenters. The zero-order chi connectivity index (χ0) is 61.5. The second-order valence-corrected chi connectivity index (χ2v) is 35.5. The number of rotatable bonds is 41. The Hall–Kier alpha value is -5.35. The highest BCUT2D eigenvalue weighted by Gasteiger charge is 2.36. The van der Waals surface area contributed by atoms with E-state index < -0.39 is 34.2 Å². The molecule has 476 valence electrons. The fraction of sp³-hybridized carbons (Fsp3) is 0.662. The second kappa shape index (κ2) is 44.2. The summed E-state index contributed by atoms with van der Waals surface area (Å²) in [6.07, 6.45) is 28.5. The van der Waals surface area contributed by atoms with Crippen molar-refractivity contribution in [3.8, 4) is 11.5 Å². The fourth-order valence-corrected chi connectivity index (χ4v) is 10.6. The highest BCUT2D eigenvalue weighted by atomic mass is 28.3. The van der Waals surface area contributed by atoms with Crippen LogP contribution in [0.5, 0.6) is 11.5 Å². The maximum absolute atomic E-state index is 13.6. The Balaban J connectivity index is 0.000000696. The smallest absolute Gasteiger partial charge is 0.329 e. The van der Waals surface area contributed by atoms with E-state index in [1.807, 2.05) is 12.1 Å². The van der Waals surface area contributed by atoms with Gasteiger partial charge in [-0.3, -0.25) is 19.2 Å². The number of carbonyl (C=O) groups excluding carboxylic acids is 5. The molecule has 2 aromatic rings. The highest BCUT2D eigenvalue weighted by Crippen LogP contribution is 2.28. The number of carbonyl (C=O) groups is 6. The van der Waals surface area contributed by atoms with Gasteiger partial charge in [-0.25, -0.2) is 9.59 Å². The number of aliphatic carboxylic acids is 1. The lowest BCUT2D eigenvalue weighted by Gasteiger charge is -2.26. The van der Waals surface area contributed by atoms with Gasteiger partial charge in [0.05, 0.1) is 17.2 Å². The monoisotopic (exact) mass is 1210 g/mol. The van der Waals surface area contributed by atoms with E-state index in [2.05, 4.69) is 53.1 Å². The Morgan fingerprint density at radius 1 is 0.560 bits per heavy atom. The summed E-state index contributed by atoms with van der Waals surface area (Å²) >= 11 is 0. The molecule has 0 saturated heterocycles. The third-order valence-electron chi connectivity index (χ3n) is 14.2. The van der Waals surface area contributed by atoms with Crippen molar-refractivity contribution < 1.29 is 62.7 Å². The second-order valence-electron chi connectivity index (χ2n) is 24.2. The van der Waals surface area contributed by atoms with E-state index in [-0.39, 0.29) is 62.8 Å². The summed E-state index contributed by atoms with van der Waals surface area (Å²) in [7, 11) is -2.36. The molecule has 4 rings (SSSR count). The normalized spacial score (nSPS) is 15.2. The summed E-state index contributed by atoms with van der Waals surface area (Å²) in [6, 6.07) is 14.4. The molecule has 6 N–H and O–H groups in total. The number of aliphatic hydroxyl groups excluding tert-OH is 1. The van der Waals surface area contributed by atoms with Gasteiger partial charge < -0.3 is 55.2 Å². The van der Waals surface area contributed by atoms with E-state index in [4.69, 9.17) is 35.2 Å². The van der Waals surface area contributed by atoms with Gasteiger partial charge in [0.15, 0.2) is 13.6 Å². The summed E-state index contributed by atoms with van der Waals surface area (Å²) in [5.74, 6) is -1.73. The Bertz CT molecular complexity index is 2250. The van der Waals surface area contributed by atoms with Gasteiger partial charge in [-0.2, -0.15) is 0 Å². The van der Waals surface area contributed by atoms with Crippen molar-refractivity contribution in [3.05, 3.63) is 84.2 Å². The number of unbranched alkanes of at least 4 members (excludes halogenated alkanes) is 12. The van der Waals surface area contributed by atoms with Crippen LogP contribution in [0.25, 0.3) is 0 Å². The van der Waals surface area contributed by atoms with Crippen LogP contribution >= 0.6 is 0 Å². The first kappa shape index (κ1) is 76.7. The molecule has 0 aromatic heterocycles. The van der Waals surface area contributed by atoms with Crippen LogP contribution in [0, 0.1) is 0 Å². The lowest BCUT2D eigenvalue weighted by molar-refractivity contribution is -0.154. The Kier molecular flexibility index (Phi) is 40.3. The van der Waals surface area contributed by atoms with Crippen LogP contribution in [-0.2, 0) is 33.4 Å². The van der Waals surface area contributed by atoms with Crippen molar-refractivity contribution in [2.45, 2.75) is 251 Å². The van der Waals surface area contributed by atoms with E-state index in [1.54, 1.807) is 54.7 Å². The number of hydrogen-bond donors (Lipinski definition) is 4. The predicted molar refractivity (Wildman–Crippen MR) is 341 cm³/mol. The summed E-state index contributed by atoms with van der Waals surface area (Å²) in [6.45, 7) is 19.4. The molecule has 2 aliphatic heterocycles. The average molecular weight is 1210 g/mol. The molecule has 19 heteroatoms. The zero-order valence-corrected chi connectivity index (χ0v) is 53.9. The Labute approximate surface area is 507 Å². The first-order valence-corrected chi connectivity index (χ1v) is 38.3. The molecule has 4 atom stereocenters. The molecule has 0 spiro atoms. The molecule has 17 nitrogen and oxygen atoms in total. The molecule has 2 aromatic carbocycles. The van der Waals surface area contributed by atoms with Crippen LogP contribution in [0.3, 0.4) is 0 Å².